The molecule has 1 heterocycles. The van der Waals surface area contributed by atoms with Crippen LogP contribution in [-0.4, -0.2) is 30.1 Å². The van der Waals surface area contributed by atoms with Crippen molar-refractivity contribution >= 4 is 28.5 Å². The molecule has 0 radical (unpaired) electrons. The third-order valence-electron chi connectivity index (χ3n) is 4.34. The van der Waals surface area contributed by atoms with Gasteiger partial charge in [-0.2, -0.15) is 0 Å². The Balaban J connectivity index is 1.66. The third-order valence-corrected chi connectivity index (χ3v) is 5.03. The number of nitrogens with one attached hydrogen (secondary N) is 2. The first-order valence-electron chi connectivity index (χ1n) is 6.74. The van der Waals surface area contributed by atoms with Crippen molar-refractivity contribution in [3.8, 4) is 0 Å². The molecule has 4 atom stereocenters. The van der Waals surface area contributed by atoms with Crippen molar-refractivity contribution in [1.29, 1.82) is 0 Å². The molecule has 3 rings (SSSR count). The van der Waals surface area contributed by atoms with Crippen LogP contribution in [0.1, 0.15) is 19.3 Å². The highest BCUT2D eigenvalue weighted by Crippen LogP contribution is 2.48. The van der Waals surface area contributed by atoms with Crippen LogP contribution in [0.15, 0.2) is 11.6 Å². The molecule has 2 bridgehead atoms. The molecular weight excluding hydrogens is 278 g/mol. The van der Waals surface area contributed by atoms with Gasteiger partial charge in [0.15, 0.2) is 5.13 Å². The quantitative estimate of drug-likeness (QED) is 0.834. The number of aromatic nitrogens is 1. The Kier molecular flexibility index (Phi) is 3.60. The molecule has 2 aliphatic rings. The lowest BCUT2D eigenvalue weighted by Crippen LogP contribution is -2.48. The maximum atomic E-state index is 12.0. The lowest BCUT2D eigenvalue weighted by molar-refractivity contribution is -0.148. The summed E-state index contributed by atoms with van der Waals surface area (Å²) in [4.78, 5) is 27.9. The normalized spacial score (nSPS) is 31.1. The highest BCUT2D eigenvalue weighted by Gasteiger charge is 2.52. The average molecular weight is 295 g/mol. The Morgan fingerprint density at radius 3 is 2.90 bits per heavy atom. The van der Waals surface area contributed by atoms with E-state index in [1.54, 1.807) is 11.6 Å². The molecule has 20 heavy (non-hydrogen) atoms. The van der Waals surface area contributed by atoms with E-state index in [0.717, 1.165) is 19.3 Å². The number of carbonyl (C=O) groups is 2. The highest BCUT2D eigenvalue weighted by atomic mass is 32.1. The molecule has 1 aromatic rings. The minimum Gasteiger partial charge on any atom is -0.469 e. The number of esters is 1. The van der Waals surface area contributed by atoms with Gasteiger partial charge in [0.1, 0.15) is 0 Å². The smallest absolute Gasteiger partial charge is 0.321 e. The van der Waals surface area contributed by atoms with Gasteiger partial charge in [-0.1, -0.05) is 0 Å². The van der Waals surface area contributed by atoms with Crippen molar-refractivity contribution in [3.63, 3.8) is 0 Å². The third kappa shape index (κ3) is 2.37. The van der Waals surface area contributed by atoms with Crippen LogP contribution in [0.25, 0.3) is 0 Å². The second-order valence-electron chi connectivity index (χ2n) is 5.34. The van der Waals surface area contributed by atoms with Gasteiger partial charge in [0.2, 0.25) is 0 Å². The van der Waals surface area contributed by atoms with Gasteiger partial charge in [-0.3, -0.25) is 10.1 Å². The molecule has 1 aromatic heterocycles. The summed E-state index contributed by atoms with van der Waals surface area (Å²) in [7, 11) is 1.40. The first-order valence-corrected chi connectivity index (χ1v) is 7.62. The van der Waals surface area contributed by atoms with Crippen molar-refractivity contribution in [2.24, 2.45) is 17.8 Å². The number of methoxy groups -OCH3 is 1. The minimum absolute atomic E-state index is 0.124. The number of ether oxygens (including phenoxy) is 1. The summed E-state index contributed by atoms with van der Waals surface area (Å²) >= 11 is 1.36. The summed E-state index contributed by atoms with van der Waals surface area (Å²) < 4.78 is 4.88. The van der Waals surface area contributed by atoms with E-state index in [1.165, 1.54) is 18.4 Å². The second-order valence-corrected chi connectivity index (χ2v) is 6.24. The van der Waals surface area contributed by atoms with E-state index in [-0.39, 0.29) is 24.0 Å². The van der Waals surface area contributed by atoms with Crippen molar-refractivity contribution in [1.82, 2.24) is 10.3 Å². The van der Waals surface area contributed by atoms with E-state index in [4.69, 9.17) is 4.74 Å². The number of urea groups is 1. The topological polar surface area (TPSA) is 80.3 Å². The van der Waals surface area contributed by atoms with Gasteiger partial charge in [-0.05, 0) is 31.1 Å². The fourth-order valence-corrected chi connectivity index (χ4v) is 4.07. The minimum atomic E-state index is -0.300. The van der Waals surface area contributed by atoms with Crippen molar-refractivity contribution in [2.45, 2.75) is 25.3 Å². The number of carbonyl (C=O) groups excluding carboxylic acids is 2. The molecule has 6 nitrogen and oxygen atoms in total. The summed E-state index contributed by atoms with van der Waals surface area (Å²) in [6, 6.07) is -0.424. The molecule has 2 amide bonds. The maximum absolute atomic E-state index is 12.0. The zero-order valence-electron chi connectivity index (χ0n) is 11.2. The summed E-state index contributed by atoms with van der Waals surface area (Å²) in [5, 5.41) is 7.97. The number of anilines is 1. The Morgan fingerprint density at radius 2 is 2.20 bits per heavy atom. The highest BCUT2D eigenvalue weighted by molar-refractivity contribution is 7.13. The van der Waals surface area contributed by atoms with Gasteiger partial charge in [0.25, 0.3) is 0 Å². The Labute approximate surface area is 120 Å². The van der Waals surface area contributed by atoms with E-state index in [9.17, 15) is 9.59 Å². The molecule has 7 heteroatoms. The number of rotatable bonds is 3. The Morgan fingerprint density at radius 1 is 1.40 bits per heavy atom. The van der Waals surface area contributed by atoms with Crippen molar-refractivity contribution in [2.75, 3.05) is 12.4 Å². The van der Waals surface area contributed by atoms with Gasteiger partial charge in [0, 0.05) is 17.6 Å². The van der Waals surface area contributed by atoms with E-state index >= 15 is 0 Å². The Bertz CT molecular complexity index is 505. The summed E-state index contributed by atoms with van der Waals surface area (Å²) in [6.45, 7) is 0. The van der Waals surface area contributed by atoms with Crippen LogP contribution in [0.4, 0.5) is 9.93 Å². The molecule has 2 N–H and O–H groups in total. The first kappa shape index (κ1) is 13.4. The van der Waals surface area contributed by atoms with Gasteiger partial charge in [0.05, 0.1) is 13.0 Å². The Hall–Kier alpha value is -1.63. The summed E-state index contributed by atoms with van der Waals surface area (Å²) in [5.74, 6) is 0.307. The average Bonchev–Trinajstić information content (AvgIpc) is 3.14. The van der Waals surface area contributed by atoms with Crippen LogP contribution >= 0.6 is 11.3 Å². The number of hydrogen-bond donors (Lipinski definition) is 2. The maximum Gasteiger partial charge on any atom is 0.321 e. The van der Waals surface area contributed by atoms with Crippen LogP contribution in [-0.2, 0) is 9.53 Å². The first-order chi connectivity index (χ1) is 9.69. The zero-order chi connectivity index (χ0) is 14.1. The number of nitrogens with zero attached hydrogens (tertiary/aromatic N) is 1. The van der Waals surface area contributed by atoms with Crippen LogP contribution in [0, 0.1) is 17.8 Å². The predicted molar refractivity (Wildman–Crippen MR) is 74.4 cm³/mol. The lowest BCUT2D eigenvalue weighted by Gasteiger charge is -2.29. The second kappa shape index (κ2) is 5.40. The molecule has 2 fully saturated rings. The molecule has 0 aliphatic heterocycles. The van der Waals surface area contributed by atoms with Crippen LogP contribution in [0.5, 0.6) is 0 Å². The van der Waals surface area contributed by atoms with Crippen molar-refractivity contribution in [3.05, 3.63) is 11.6 Å². The largest absolute Gasteiger partial charge is 0.469 e. The van der Waals surface area contributed by atoms with E-state index in [2.05, 4.69) is 15.6 Å². The predicted octanol–water partition coefficient (Wildman–Crippen LogP) is 1.85. The lowest BCUT2D eigenvalue weighted by atomic mass is 9.84. The number of fused-ring (bicyclic) bond motifs is 2. The molecule has 0 spiro atoms. The number of hydrogen-bond acceptors (Lipinski definition) is 5. The molecule has 0 aromatic carbocycles. The SMILES string of the molecule is COC(=O)[C@@H]1[C@H]2CC[C@@H](C2)[C@@H]1NC(=O)Nc1nccs1. The number of amides is 2. The van der Waals surface area contributed by atoms with Crippen LogP contribution < -0.4 is 10.6 Å². The van der Waals surface area contributed by atoms with E-state index in [1.807, 2.05) is 0 Å². The van der Waals surface area contributed by atoms with Crippen LogP contribution in [0.2, 0.25) is 0 Å². The fourth-order valence-electron chi connectivity index (χ4n) is 3.54. The molecule has 108 valence electrons. The summed E-state index contributed by atoms with van der Waals surface area (Å²) in [6.07, 6.45) is 4.76. The monoisotopic (exact) mass is 295 g/mol. The van der Waals surface area contributed by atoms with Crippen molar-refractivity contribution < 1.29 is 14.3 Å². The zero-order valence-corrected chi connectivity index (χ0v) is 12.0. The standard InChI is InChI=1S/C13H17N3O3S/c1-19-11(17)9-7-2-3-8(6-7)10(9)15-12(18)16-13-14-4-5-20-13/h4-5,7-10H,2-3,6H2,1H3,(H2,14,15,16,18)/t7-,8-,9+,10-/m0/s1. The fraction of sp³-hybridized carbons (Fsp3) is 0.615. The van der Waals surface area contributed by atoms with Gasteiger partial charge in [-0.15, -0.1) is 11.3 Å². The van der Waals surface area contributed by atoms with Gasteiger partial charge >= 0.3 is 12.0 Å². The molecule has 0 saturated heterocycles. The molecular formula is C13H17N3O3S. The molecule has 0 unspecified atom stereocenters. The molecule has 2 aliphatic carbocycles. The van der Waals surface area contributed by atoms with Gasteiger partial charge in [-0.25, -0.2) is 9.78 Å². The van der Waals surface area contributed by atoms with Gasteiger partial charge < -0.3 is 10.1 Å². The van der Waals surface area contributed by atoms with Crippen LogP contribution in [0.3, 0.4) is 0 Å². The van der Waals surface area contributed by atoms with E-state index < -0.39 is 0 Å². The van der Waals surface area contributed by atoms with E-state index in [0.29, 0.717) is 17.0 Å². The number of thiazole rings is 1. The summed E-state index contributed by atoms with van der Waals surface area (Å²) in [5.41, 5.74) is 0. The molecule has 2 saturated carbocycles.